The Bertz CT molecular complexity index is 296. The molecule has 0 aliphatic heterocycles. The Morgan fingerprint density at radius 3 is 3.33 bits per heavy atom. The van der Waals surface area contributed by atoms with Crippen LogP contribution in [0.5, 0.6) is 0 Å². The zero-order chi connectivity index (χ0) is 6.27. The average Bonchev–Trinajstić information content (AvgIpc) is 2.22. The Hall–Kier alpha value is -1.03. The summed E-state index contributed by atoms with van der Waals surface area (Å²) in [5.74, 6) is 0. The minimum absolute atomic E-state index is 0.747. The quantitative estimate of drug-likeness (QED) is 0.602. The maximum absolute atomic E-state index is 5.45. The van der Waals surface area contributed by atoms with Crippen molar-refractivity contribution in [1.29, 1.82) is 0 Å². The van der Waals surface area contributed by atoms with Crippen LogP contribution in [0.1, 0.15) is 0 Å². The minimum Gasteiger partial charge on any atom is -0.442 e. The first kappa shape index (κ1) is 4.81. The van der Waals surface area contributed by atoms with Crippen molar-refractivity contribution in [2.45, 2.75) is 0 Å². The van der Waals surface area contributed by atoms with Crippen molar-refractivity contribution in [3.8, 4) is 0 Å². The van der Waals surface area contributed by atoms with E-state index in [4.69, 9.17) is 10.2 Å². The zero-order valence-electron chi connectivity index (χ0n) is 4.50. The van der Waals surface area contributed by atoms with Gasteiger partial charge in [0.2, 0.25) is 0 Å². The lowest BCUT2D eigenvalue weighted by Gasteiger charge is -1.71. The monoisotopic (exact) mass is 140 g/mol. The SMILES string of the molecule is Nc1cc2ocnc2s1. The Kier molecular flexibility index (Phi) is 0.790. The van der Waals surface area contributed by atoms with Crippen LogP contribution < -0.4 is 5.73 Å². The van der Waals surface area contributed by atoms with Crippen LogP contribution in [-0.4, -0.2) is 4.98 Å². The summed E-state index contributed by atoms with van der Waals surface area (Å²) in [6, 6.07) is 1.77. The number of nitrogen functional groups attached to an aromatic ring is 1. The first-order valence-electron chi connectivity index (χ1n) is 2.45. The van der Waals surface area contributed by atoms with E-state index < -0.39 is 0 Å². The number of oxazole rings is 1. The molecule has 3 nitrogen and oxygen atoms in total. The van der Waals surface area contributed by atoms with Gasteiger partial charge in [-0.25, -0.2) is 4.98 Å². The predicted molar refractivity (Wildman–Crippen MR) is 36.3 cm³/mol. The van der Waals surface area contributed by atoms with Gasteiger partial charge in [-0.2, -0.15) is 0 Å². The fraction of sp³-hybridized carbons (Fsp3) is 0. The van der Waals surface area contributed by atoms with Crippen LogP contribution in [0.4, 0.5) is 5.00 Å². The van der Waals surface area contributed by atoms with Crippen LogP contribution >= 0.6 is 11.3 Å². The molecule has 2 rings (SSSR count). The second-order valence-corrected chi connectivity index (χ2v) is 2.73. The van der Waals surface area contributed by atoms with Gasteiger partial charge in [0.05, 0.1) is 5.00 Å². The average molecular weight is 140 g/mol. The highest BCUT2D eigenvalue weighted by Crippen LogP contribution is 2.25. The van der Waals surface area contributed by atoms with Gasteiger partial charge >= 0.3 is 0 Å². The Morgan fingerprint density at radius 1 is 1.67 bits per heavy atom. The highest BCUT2D eigenvalue weighted by Gasteiger charge is 2.00. The van der Waals surface area contributed by atoms with Gasteiger partial charge < -0.3 is 10.2 Å². The number of anilines is 1. The second-order valence-electron chi connectivity index (χ2n) is 1.67. The standard InChI is InChI=1S/C5H4N2OS/c6-4-1-3-5(9-4)7-2-8-3/h1-2H,6H2. The van der Waals surface area contributed by atoms with Crippen LogP contribution in [0.15, 0.2) is 16.9 Å². The van der Waals surface area contributed by atoms with Crippen molar-refractivity contribution < 1.29 is 4.42 Å². The molecule has 0 aromatic carbocycles. The number of aromatic nitrogens is 1. The van der Waals surface area contributed by atoms with E-state index in [1.54, 1.807) is 6.07 Å². The van der Waals surface area contributed by atoms with E-state index >= 15 is 0 Å². The summed E-state index contributed by atoms with van der Waals surface area (Å²) in [7, 11) is 0. The number of hydrogen-bond acceptors (Lipinski definition) is 4. The molecule has 0 saturated carbocycles. The molecule has 2 aromatic heterocycles. The lowest BCUT2D eigenvalue weighted by molar-refractivity contribution is 0.602. The molecule has 2 heterocycles. The summed E-state index contributed by atoms with van der Waals surface area (Å²) in [5, 5.41) is 0.747. The largest absolute Gasteiger partial charge is 0.442 e. The van der Waals surface area contributed by atoms with Crippen LogP contribution in [0, 0.1) is 0 Å². The third-order valence-electron chi connectivity index (χ3n) is 1.05. The van der Waals surface area contributed by atoms with Crippen LogP contribution in [-0.2, 0) is 0 Å². The van der Waals surface area contributed by atoms with E-state index in [2.05, 4.69) is 4.98 Å². The molecule has 46 valence electrons. The molecule has 2 aromatic rings. The zero-order valence-corrected chi connectivity index (χ0v) is 5.31. The topological polar surface area (TPSA) is 52.0 Å². The van der Waals surface area contributed by atoms with Gasteiger partial charge in [0, 0.05) is 6.07 Å². The molecule has 0 saturated heterocycles. The lowest BCUT2D eigenvalue weighted by Crippen LogP contribution is -1.72. The first-order valence-corrected chi connectivity index (χ1v) is 3.26. The lowest BCUT2D eigenvalue weighted by atomic mass is 10.6. The van der Waals surface area contributed by atoms with Crippen molar-refractivity contribution in [3.63, 3.8) is 0 Å². The molecule has 2 N–H and O–H groups in total. The molecule has 0 unspecified atom stereocenters. The number of nitrogens with two attached hydrogens (primary N) is 1. The third kappa shape index (κ3) is 0.598. The fourth-order valence-electron chi connectivity index (χ4n) is 0.688. The number of rotatable bonds is 0. The molecule has 0 radical (unpaired) electrons. The predicted octanol–water partition coefficient (Wildman–Crippen LogP) is 1.47. The second kappa shape index (κ2) is 1.48. The van der Waals surface area contributed by atoms with Gasteiger partial charge in [0.1, 0.15) is 0 Å². The van der Waals surface area contributed by atoms with Gasteiger partial charge in [0.15, 0.2) is 16.8 Å². The van der Waals surface area contributed by atoms with Crippen molar-refractivity contribution in [1.82, 2.24) is 4.98 Å². The van der Waals surface area contributed by atoms with Gasteiger partial charge in [-0.3, -0.25) is 0 Å². The van der Waals surface area contributed by atoms with Crippen molar-refractivity contribution >= 4 is 26.8 Å². The van der Waals surface area contributed by atoms with Gasteiger partial charge in [-0.05, 0) is 0 Å². The molecule has 0 aliphatic carbocycles. The van der Waals surface area contributed by atoms with Crippen molar-refractivity contribution in [3.05, 3.63) is 12.5 Å². The normalized spacial score (nSPS) is 10.7. The highest BCUT2D eigenvalue weighted by atomic mass is 32.1. The number of nitrogens with zero attached hydrogens (tertiary/aromatic N) is 1. The molecule has 0 atom stereocenters. The molecule has 9 heavy (non-hydrogen) atoms. The highest BCUT2D eigenvalue weighted by molar-refractivity contribution is 7.22. The number of hydrogen-bond donors (Lipinski definition) is 1. The molecule has 0 fully saturated rings. The van der Waals surface area contributed by atoms with Crippen LogP contribution in [0.3, 0.4) is 0 Å². The van der Waals surface area contributed by atoms with E-state index in [1.807, 2.05) is 0 Å². The van der Waals surface area contributed by atoms with E-state index in [9.17, 15) is 0 Å². The Labute approximate surface area is 55.1 Å². The maximum atomic E-state index is 5.45. The summed E-state index contributed by atoms with van der Waals surface area (Å²) < 4.78 is 4.96. The third-order valence-corrected chi connectivity index (χ3v) is 1.90. The Balaban J connectivity index is 2.92. The molecule has 0 aliphatic rings. The van der Waals surface area contributed by atoms with Crippen molar-refractivity contribution in [2.75, 3.05) is 5.73 Å². The summed E-state index contributed by atoms with van der Waals surface area (Å²) >= 11 is 1.43. The molecule has 0 amide bonds. The summed E-state index contributed by atoms with van der Waals surface area (Å²) in [5.41, 5.74) is 6.23. The molecule has 0 bridgehead atoms. The smallest absolute Gasteiger partial charge is 0.182 e. The number of thiophene rings is 1. The van der Waals surface area contributed by atoms with Gasteiger partial charge in [0.25, 0.3) is 0 Å². The van der Waals surface area contributed by atoms with E-state index in [0.29, 0.717) is 0 Å². The molecular formula is C5H4N2OS. The van der Waals surface area contributed by atoms with E-state index in [-0.39, 0.29) is 0 Å². The van der Waals surface area contributed by atoms with E-state index in [0.717, 1.165) is 15.4 Å². The Morgan fingerprint density at radius 2 is 2.56 bits per heavy atom. The van der Waals surface area contributed by atoms with Gasteiger partial charge in [-0.1, -0.05) is 11.3 Å². The number of fused-ring (bicyclic) bond motifs is 1. The fourth-order valence-corrected chi connectivity index (χ4v) is 1.38. The van der Waals surface area contributed by atoms with Crippen LogP contribution in [0.25, 0.3) is 10.4 Å². The molecular weight excluding hydrogens is 136 g/mol. The van der Waals surface area contributed by atoms with Crippen molar-refractivity contribution in [2.24, 2.45) is 0 Å². The molecule has 4 heteroatoms. The summed E-state index contributed by atoms with van der Waals surface area (Å²) in [6.07, 6.45) is 1.42. The van der Waals surface area contributed by atoms with Gasteiger partial charge in [-0.15, -0.1) is 0 Å². The summed E-state index contributed by atoms with van der Waals surface area (Å²) in [4.78, 5) is 4.78. The minimum atomic E-state index is 0.747. The van der Waals surface area contributed by atoms with Crippen LogP contribution in [0.2, 0.25) is 0 Å². The molecule has 0 spiro atoms. The summed E-state index contributed by atoms with van der Waals surface area (Å²) in [6.45, 7) is 0. The maximum Gasteiger partial charge on any atom is 0.182 e. The first-order chi connectivity index (χ1) is 4.36. The van der Waals surface area contributed by atoms with E-state index in [1.165, 1.54) is 17.7 Å².